The molecule has 1 amide bonds. The van der Waals surface area contributed by atoms with Gasteiger partial charge < -0.3 is 14.8 Å². The molecule has 1 aliphatic rings. The van der Waals surface area contributed by atoms with E-state index in [-0.39, 0.29) is 31.4 Å². The van der Waals surface area contributed by atoms with Gasteiger partial charge in [0.1, 0.15) is 0 Å². The molecule has 3 atom stereocenters. The molecule has 11 heteroatoms. The van der Waals surface area contributed by atoms with Gasteiger partial charge in [-0.3, -0.25) is 23.4 Å². The number of amides is 1. The Labute approximate surface area is 146 Å². The third-order valence-electron chi connectivity index (χ3n) is 3.25. The van der Waals surface area contributed by atoms with Gasteiger partial charge in [-0.05, 0) is 0 Å². The number of carbonyl (C=O) groups is 3. The van der Waals surface area contributed by atoms with Gasteiger partial charge in [0.05, 0.1) is 26.1 Å². The monoisotopic (exact) mass is 381 g/mol. The first-order chi connectivity index (χ1) is 11.7. The van der Waals surface area contributed by atoms with Crippen molar-refractivity contribution in [2.45, 2.75) is 33.3 Å². The number of hydrogen-bond donors (Lipinski definition) is 1. The van der Waals surface area contributed by atoms with Crippen LogP contribution in [0, 0.1) is 11.8 Å². The summed E-state index contributed by atoms with van der Waals surface area (Å²) >= 11 is 0. The van der Waals surface area contributed by atoms with Gasteiger partial charge in [-0.2, -0.15) is 0 Å². The first-order valence-electron chi connectivity index (χ1n) is 7.77. The average Bonchev–Trinajstić information content (AvgIpc) is 2.56. The summed E-state index contributed by atoms with van der Waals surface area (Å²) in [7, 11) is -2.79. The fourth-order valence-corrected chi connectivity index (χ4v) is 3.13. The highest BCUT2D eigenvalue weighted by Gasteiger charge is 2.43. The van der Waals surface area contributed by atoms with Crippen molar-refractivity contribution < 1.29 is 42.0 Å². The molecule has 1 fully saturated rings. The second-order valence-corrected chi connectivity index (χ2v) is 7.35. The number of esters is 2. The number of rotatable bonds is 8. The topological polar surface area (TPSA) is 126 Å². The highest BCUT2D eigenvalue weighted by molar-refractivity contribution is 7.48. The van der Waals surface area contributed by atoms with Gasteiger partial charge in [0.2, 0.25) is 12.7 Å². The van der Waals surface area contributed by atoms with Crippen LogP contribution < -0.4 is 5.32 Å². The fourth-order valence-electron chi connectivity index (χ4n) is 1.75. The van der Waals surface area contributed by atoms with E-state index in [1.807, 2.05) is 0 Å². The Morgan fingerprint density at radius 3 is 2.60 bits per heavy atom. The van der Waals surface area contributed by atoms with E-state index in [9.17, 15) is 18.9 Å². The summed E-state index contributed by atoms with van der Waals surface area (Å²) in [5.74, 6) is -2.31. The number of phosphoric acid groups is 1. The summed E-state index contributed by atoms with van der Waals surface area (Å²) in [6.45, 7) is 4.34. The minimum atomic E-state index is -4.03. The highest BCUT2D eigenvalue weighted by Crippen LogP contribution is 2.54. The SMILES string of the molecule is COC(=O)CCNC(=O)[C@@H]1OP(=O)(OCOC(=O)C(C)C)OCC1C. The van der Waals surface area contributed by atoms with Crippen LogP contribution in [-0.4, -0.2) is 51.0 Å². The lowest BCUT2D eigenvalue weighted by Crippen LogP contribution is -2.44. The molecule has 1 aliphatic heterocycles. The van der Waals surface area contributed by atoms with Crippen LogP contribution in [0.25, 0.3) is 0 Å². The molecule has 1 rings (SSSR count). The molecule has 0 aliphatic carbocycles. The molecular weight excluding hydrogens is 357 g/mol. The van der Waals surface area contributed by atoms with Crippen molar-refractivity contribution in [2.75, 3.05) is 27.1 Å². The van der Waals surface area contributed by atoms with Crippen molar-refractivity contribution in [1.29, 1.82) is 0 Å². The zero-order valence-corrected chi connectivity index (χ0v) is 15.6. The smallest absolute Gasteiger partial charge is 0.469 e. The van der Waals surface area contributed by atoms with Crippen LogP contribution in [0.5, 0.6) is 0 Å². The van der Waals surface area contributed by atoms with E-state index in [1.165, 1.54) is 7.11 Å². The number of ether oxygens (including phenoxy) is 2. The summed E-state index contributed by atoms with van der Waals surface area (Å²) in [5.41, 5.74) is 0. The molecule has 2 unspecified atom stereocenters. The molecule has 0 saturated carbocycles. The van der Waals surface area contributed by atoms with Crippen molar-refractivity contribution in [3.8, 4) is 0 Å². The fraction of sp³-hybridized carbons (Fsp3) is 0.786. The molecule has 10 nitrogen and oxygen atoms in total. The third-order valence-corrected chi connectivity index (χ3v) is 4.63. The van der Waals surface area contributed by atoms with Crippen molar-refractivity contribution in [3.05, 3.63) is 0 Å². The maximum Gasteiger partial charge on any atom is 0.478 e. The van der Waals surface area contributed by atoms with Gasteiger partial charge in [0.15, 0.2) is 6.10 Å². The Bertz CT molecular complexity index is 536. The third kappa shape index (κ3) is 7.11. The van der Waals surface area contributed by atoms with Gasteiger partial charge in [0, 0.05) is 12.5 Å². The highest BCUT2D eigenvalue weighted by atomic mass is 31.2. The first-order valence-corrected chi connectivity index (χ1v) is 9.23. The molecule has 1 heterocycles. The van der Waals surface area contributed by atoms with Crippen molar-refractivity contribution in [2.24, 2.45) is 11.8 Å². The average molecular weight is 381 g/mol. The molecule has 0 radical (unpaired) electrons. The molecular formula is C14H24NO9P. The van der Waals surface area contributed by atoms with Gasteiger partial charge in [-0.25, -0.2) is 9.09 Å². The number of phosphoric ester groups is 1. The summed E-state index contributed by atoms with van der Waals surface area (Å²) in [6.07, 6.45) is -1.09. The van der Waals surface area contributed by atoms with E-state index in [0.29, 0.717) is 0 Å². The maximum atomic E-state index is 12.4. The van der Waals surface area contributed by atoms with Crippen LogP contribution in [0.15, 0.2) is 0 Å². The summed E-state index contributed by atoms with van der Waals surface area (Å²) in [4.78, 5) is 34.5. The minimum Gasteiger partial charge on any atom is -0.469 e. The Kier molecular flexibility index (Phi) is 8.51. The summed E-state index contributed by atoms with van der Waals surface area (Å²) in [5, 5.41) is 2.49. The Morgan fingerprint density at radius 2 is 2.00 bits per heavy atom. The van der Waals surface area contributed by atoms with E-state index < -0.39 is 38.6 Å². The molecule has 144 valence electrons. The van der Waals surface area contributed by atoms with Crippen molar-refractivity contribution in [3.63, 3.8) is 0 Å². The van der Waals surface area contributed by atoms with Crippen molar-refractivity contribution in [1.82, 2.24) is 5.32 Å². The minimum absolute atomic E-state index is 0.000838. The maximum absolute atomic E-state index is 12.4. The number of nitrogens with one attached hydrogen (secondary N) is 1. The van der Waals surface area contributed by atoms with E-state index in [2.05, 4.69) is 10.1 Å². The van der Waals surface area contributed by atoms with Crippen LogP contribution in [0.3, 0.4) is 0 Å². The normalized spacial score (nSPS) is 26.1. The largest absolute Gasteiger partial charge is 0.478 e. The molecule has 0 spiro atoms. The first kappa shape index (κ1) is 21.6. The molecule has 0 bridgehead atoms. The van der Waals surface area contributed by atoms with E-state index in [0.717, 1.165) is 0 Å². The van der Waals surface area contributed by atoms with Crippen LogP contribution in [0.2, 0.25) is 0 Å². The van der Waals surface area contributed by atoms with Crippen LogP contribution >= 0.6 is 7.82 Å². The van der Waals surface area contributed by atoms with E-state index >= 15 is 0 Å². The van der Waals surface area contributed by atoms with Gasteiger partial charge in [0.25, 0.3) is 0 Å². The van der Waals surface area contributed by atoms with E-state index in [1.54, 1.807) is 20.8 Å². The second kappa shape index (κ2) is 9.86. The van der Waals surface area contributed by atoms with E-state index in [4.69, 9.17) is 18.3 Å². The lowest BCUT2D eigenvalue weighted by atomic mass is 10.1. The predicted octanol–water partition coefficient (Wildman–Crippen LogP) is 0.999. The lowest BCUT2D eigenvalue weighted by molar-refractivity contribution is -0.157. The number of carbonyl (C=O) groups excluding carboxylic acids is 3. The zero-order chi connectivity index (χ0) is 19.0. The van der Waals surface area contributed by atoms with Gasteiger partial charge >= 0.3 is 19.8 Å². The quantitative estimate of drug-likeness (QED) is 0.372. The molecule has 1 saturated heterocycles. The molecule has 0 aromatic heterocycles. The Morgan fingerprint density at radius 1 is 1.32 bits per heavy atom. The number of methoxy groups -OCH3 is 1. The summed E-state index contributed by atoms with van der Waals surface area (Å²) in [6, 6.07) is 0. The molecule has 25 heavy (non-hydrogen) atoms. The Balaban J connectivity index is 2.52. The molecule has 0 aromatic rings. The van der Waals surface area contributed by atoms with Gasteiger partial charge in [-0.15, -0.1) is 0 Å². The number of hydrogen-bond acceptors (Lipinski definition) is 9. The van der Waals surface area contributed by atoms with Crippen LogP contribution in [0.4, 0.5) is 0 Å². The predicted molar refractivity (Wildman–Crippen MR) is 84.1 cm³/mol. The molecule has 1 N–H and O–H groups in total. The van der Waals surface area contributed by atoms with Crippen LogP contribution in [-0.2, 0) is 42.0 Å². The van der Waals surface area contributed by atoms with Gasteiger partial charge in [-0.1, -0.05) is 20.8 Å². The van der Waals surface area contributed by atoms with Crippen LogP contribution in [0.1, 0.15) is 27.2 Å². The molecule has 0 aromatic carbocycles. The van der Waals surface area contributed by atoms with Crippen molar-refractivity contribution >= 4 is 25.7 Å². The lowest BCUT2D eigenvalue weighted by Gasteiger charge is -2.32. The zero-order valence-electron chi connectivity index (χ0n) is 14.7. The Hall–Kier alpha value is -1.48. The summed E-state index contributed by atoms with van der Waals surface area (Å²) < 4.78 is 36.7. The second-order valence-electron chi connectivity index (χ2n) is 5.73. The standard InChI is InChI=1S/C14H24NO9P/c1-9(2)14(18)21-8-23-25(19)22-7-10(3)12(24-25)13(17)15-6-5-11(16)20-4/h9-10,12H,5-8H2,1-4H3,(H,15,17)/t10?,12-,25?/m1/s1.